The summed E-state index contributed by atoms with van der Waals surface area (Å²) >= 11 is 0. The van der Waals surface area contributed by atoms with Crippen molar-refractivity contribution in [1.29, 1.82) is 0 Å². The van der Waals surface area contributed by atoms with Crippen molar-refractivity contribution in [2.75, 3.05) is 26.2 Å². The fourth-order valence-corrected chi connectivity index (χ4v) is 3.02. The molecule has 2 heteroatoms. The molecule has 106 valence electrons. The minimum atomic E-state index is 0.687. The SMILES string of the molecule is CCN(CC)CCCNC1CCc2ccccc2C1. The Morgan fingerprint density at radius 2 is 1.89 bits per heavy atom. The maximum Gasteiger partial charge on any atom is 0.0111 e. The maximum absolute atomic E-state index is 3.74. The lowest BCUT2D eigenvalue weighted by molar-refractivity contribution is 0.294. The van der Waals surface area contributed by atoms with Gasteiger partial charge in [0, 0.05) is 6.04 Å². The van der Waals surface area contributed by atoms with Gasteiger partial charge in [-0.05, 0) is 63.0 Å². The van der Waals surface area contributed by atoms with Gasteiger partial charge in [0.2, 0.25) is 0 Å². The van der Waals surface area contributed by atoms with E-state index in [-0.39, 0.29) is 0 Å². The lowest BCUT2D eigenvalue weighted by Crippen LogP contribution is -2.36. The van der Waals surface area contributed by atoms with E-state index in [1.165, 1.54) is 45.3 Å². The van der Waals surface area contributed by atoms with Crippen LogP contribution in [-0.4, -0.2) is 37.1 Å². The Morgan fingerprint density at radius 1 is 1.16 bits per heavy atom. The third kappa shape index (κ3) is 4.32. The fraction of sp³-hybridized carbons (Fsp3) is 0.647. The summed E-state index contributed by atoms with van der Waals surface area (Å²) in [5.41, 5.74) is 3.11. The second-order valence-electron chi connectivity index (χ2n) is 5.54. The lowest BCUT2D eigenvalue weighted by atomic mass is 9.88. The third-order valence-electron chi connectivity index (χ3n) is 4.33. The van der Waals surface area contributed by atoms with E-state index >= 15 is 0 Å². The Balaban J connectivity index is 1.68. The monoisotopic (exact) mass is 260 g/mol. The molecule has 0 spiro atoms. The molecule has 1 atom stereocenters. The molecule has 2 nitrogen and oxygen atoms in total. The molecule has 2 rings (SSSR count). The van der Waals surface area contributed by atoms with Crippen LogP contribution < -0.4 is 5.32 Å². The van der Waals surface area contributed by atoms with Crippen LogP contribution in [0.3, 0.4) is 0 Å². The van der Waals surface area contributed by atoms with E-state index in [4.69, 9.17) is 0 Å². The summed E-state index contributed by atoms with van der Waals surface area (Å²) in [5, 5.41) is 3.74. The number of nitrogens with zero attached hydrogens (tertiary/aromatic N) is 1. The van der Waals surface area contributed by atoms with Crippen LogP contribution in [0.2, 0.25) is 0 Å². The lowest BCUT2D eigenvalue weighted by Gasteiger charge is -2.26. The first-order valence-corrected chi connectivity index (χ1v) is 7.86. The molecule has 1 unspecified atom stereocenters. The predicted molar refractivity (Wildman–Crippen MR) is 82.7 cm³/mol. The summed E-state index contributed by atoms with van der Waals surface area (Å²) in [4.78, 5) is 2.50. The minimum Gasteiger partial charge on any atom is -0.314 e. The molecule has 0 fully saturated rings. The molecule has 0 saturated carbocycles. The first-order chi connectivity index (χ1) is 9.33. The normalized spacial score (nSPS) is 18.6. The highest BCUT2D eigenvalue weighted by Crippen LogP contribution is 2.20. The molecule has 0 amide bonds. The first kappa shape index (κ1) is 14.5. The van der Waals surface area contributed by atoms with Crippen LogP contribution in [0.4, 0.5) is 0 Å². The fourth-order valence-electron chi connectivity index (χ4n) is 3.02. The van der Waals surface area contributed by atoms with Crippen molar-refractivity contribution in [1.82, 2.24) is 10.2 Å². The maximum atomic E-state index is 3.74. The van der Waals surface area contributed by atoms with Crippen LogP contribution in [0.15, 0.2) is 24.3 Å². The van der Waals surface area contributed by atoms with Gasteiger partial charge in [0.15, 0.2) is 0 Å². The van der Waals surface area contributed by atoms with E-state index in [2.05, 4.69) is 48.3 Å². The Hall–Kier alpha value is -0.860. The Morgan fingerprint density at radius 3 is 2.63 bits per heavy atom. The zero-order valence-electron chi connectivity index (χ0n) is 12.5. The molecule has 0 aromatic heterocycles. The number of hydrogen-bond acceptors (Lipinski definition) is 2. The number of aryl methyl sites for hydroxylation is 1. The number of rotatable bonds is 7. The van der Waals surface area contributed by atoms with E-state index < -0.39 is 0 Å². The van der Waals surface area contributed by atoms with Crippen molar-refractivity contribution in [2.45, 2.75) is 45.6 Å². The highest BCUT2D eigenvalue weighted by molar-refractivity contribution is 5.30. The first-order valence-electron chi connectivity index (χ1n) is 7.86. The smallest absolute Gasteiger partial charge is 0.0111 e. The second kappa shape index (κ2) is 7.66. The van der Waals surface area contributed by atoms with Gasteiger partial charge >= 0.3 is 0 Å². The largest absolute Gasteiger partial charge is 0.314 e. The van der Waals surface area contributed by atoms with Gasteiger partial charge in [-0.15, -0.1) is 0 Å². The summed E-state index contributed by atoms with van der Waals surface area (Å²) in [5.74, 6) is 0. The average molecular weight is 260 g/mol. The molecule has 1 aliphatic carbocycles. The zero-order chi connectivity index (χ0) is 13.5. The van der Waals surface area contributed by atoms with Gasteiger partial charge in [-0.2, -0.15) is 0 Å². The van der Waals surface area contributed by atoms with Crippen LogP contribution in [0, 0.1) is 0 Å². The topological polar surface area (TPSA) is 15.3 Å². The Labute approximate surface area is 118 Å². The highest BCUT2D eigenvalue weighted by Gasteiger charge is 2.17. The van der Waals surface area contributed by atoms with Gasteiger partial charge in [-0.25, -0.2) is 0 Å². The van der Waals surface area contributed by atoms with E-state index in [1.54, 1.807) is 11.1 Å². The molecule has 0 aliphatic heterocycles. The molecule has 1 N–H and O–H groups in total. The summed E-state index contributed by atoms with van der Waals surface area (Å²) in [6.07, 6.45) is 5.01. The summed E-state index contributed by atoms with van der Waals surface area (Å²) in [6.45, 7) is 9.22. The van der Waals surface area contributed by atoms with Crippen molar-refractivity contribution in [2.24, 2.45) is 0 Å². The summed E-state index contributed by atoms with van der Waals surface area (Å²) < 4.78 is 0. The minimum absolute atomic E-state index is 0.687. The van der Waals surface area contributed by atoms with Crippen LogP contribution in [0.5, 0.6) is 0 Å². The number of hydrogen-bond donors (Lipinski definition) is 1. The van der Waals surface area contributed by atoms with Gasteiger partial charge < -0.3 is 10.2 Å². The predicted octanol–water partition coefficient (Wildman–Crippen LogP) is 2.87. The van der Waals surface area contributed by atoms with Crippen LogP contribution >= 0.6 is 0 Å². The molecule has 0 radical (unpaired) electrons. The van der Waals surface area contributed by atoms with Gasteiger partial charge in [-0.1, -0.05) is 38.1 Å². The van der Waals surface area contributed by atoms with Crippen LogP contribution in [-0.2, 0) is 12.8 Å². The average Bonchev–Trinajstić information content (AvgIpc) is 2.47. The van der Waals surface area contributed by atoms with E-state index in [0.717, 1.165) is 6.54 Å². The van der Waals surface area contributed by atoms with Gasteiger partial charge in [0.25, 0.3) is 0 Å². The molecule has 1 aromatic carbocycles. The van der Waals surface area contributed by atoms with E-state index in [0.29, 0.717) is 6.04 Å². The van der Waals surface area contributed by atoms with Crippen molar-refractivity contribution < 1.29 is 0 Å². The van der Waals surface area contributed by atoms with Gasteiger partial charge in [-0.3, -0.25) is 0 Å². The zero-order valence-corrected chi connectivity index (χ0v) is 12.5. The Kier molecular flexibility index (Phi) is 5.87. The molecular weight excluding hydrogens is 232 g/mol. The van der Waals surface area contributed by atoms with Crippen molar-refractivity contribution in [3.63, 3.8) is 0 Å². The highest BCUT2D eigenvalue weighted by atomic mass is 15.1. The van der Waals surface area contributed by atoms with Crippen molar-refractivity contribution in [3.05, 3.63) is 35.4 Å². The summed E-state index contributed by atoms with van der Waals surface area (Å²) in [7, 11) is 0. The van der Waals surface area contributed by atoms with E-state index in [1.807, 2.05) is 0 Å². The quantitative estimate of drug-likeness (QED) is 0.758. The molecule has 0 heterocycles. The molecular formula is C17H28N2. The molecule has 0 saturated heterocycles. The standard InChI is InChI=1S/C17H28N2/c1-3-19(4-2)13-7-12-18-17-11-10-15-8-5-6-9-16(15)14-17/h5-6,8-9,17-18H,3-4,7,10-14H2,1-2H3. The molecule has 1 aromatic rings. The van der Waals surface area contributed by atoms with Crippen molar-refractivity contribution >= 4 is 0 Å². The van der Waals surface area contributed by atoms with Gasteiger partial charge in [0.05, 0.1) is 0 Å². The van der Waals surface area contributed by atoms with Crippen LogP contribution in [0.25, 0.3) is 0 Å². The second-order valence-corrected chi connectivity index (χ2v) is 5.54. The Bertz CT molecular complexity index is 371. The van der Waals surface area contributed by atoms with E-state index in [9.17, 15) is 0 Å². The van der Waals surface area contributed by atoms with Crippen LogP contribution in [0.1, 0.15) is 37.8 Å². The number of benzene rings is 1. The molecule has 19 heavy (non-hydrogen) atoms. The van der Waals surface area contributed by atoms with Crippen molar-refractivity contribution in [3.8, 4) is 0 Å². The molecule has 0 bridgehead atoms. The number of fused-ring (bicyclic) bond motifs is 1. The molecule has 1 aliphatic rings. The van der Waals surface area contributed by atoms with Gasteiger partial charge in [0.1, 0.15) is 0 Å². The number of nitrogens with one attached hydrogen (secondary N) is 1. The third-order valence-corrected chi connectivity index (χ3v) is 4.33. The summed E-state index contributed by atoms with van der Waals surface area (Å²) in [6, 6.07) is 9.59.